The van der Waals surface area contributed by atoms with Crippen LogP contribution in [0.1, 0.15) is 30.4 Å². The predicted molar refractivity (Wildman–Crippen MR) is 123 cm³/mol. The summed E-state index contributed by atoms with van der Waals surface area (Å²) in [7, 11) is 0. The summed E-state index contributed by atoms with van der Waals surface area (Å²) in [5.74, 6) is 0.864. The zero-order chi connectivity index (χ0) is 20.8. The summed E-state index contributed by atoms with van der Waals surface area (Å²) in [6, 6.07) is 8.53. The first-order valence-electron chi connectivity index (χ1n) is 9.69. The molecule has 1 aliphatic carbocycles. The third-order valence-electron chi connectivity index (χ3n) is 5.10. The topological polar surface area (TPSA) is 100 Å². The van der Waals surface area contributed by atoms with Crippen molar-refractivity contribution >= 4 is 63.5 Å². The first-order valence-corrected chi connectivity index (χ1v) is 10.8. The van der Waals surface area contributed by atoms with Crippen molar-refractivity contribution in [3.05, 3.63) is 50.7 Å². The molecule has 2 amide bonds. The van der Waals surface area contributed by atoms with E-state index in [9.17, 15) is 9.59 Å². The molecular formula is C21H19IN6O2. The number of rotatable bonds is 5. The van der Waals surface area contributed by atoms with Crippen molar-refractivity contribution in [3.8, 4) is 0 Å². The fourth-order valence-corrected chi connectivity index (χ4v) is 3.83. The van der Waals surface area contributed by atoms with Gasteiger partial charge in [0.1, 0.15) is 11.6 Å². The molecule has 152 valence electrons. The van der Waals surface area contributed by atoms with Crippen molar-refractivity contribution in [1.82, 2.24) is 19.9 Å². The van der Waals surface area contributed by atoms with Gasteiger partial charge in [0.25, 0.3) is 5.91 Å². The number of hydrogen-bond donors (Lipinski definition) is 3. The highest BCUT2D eigenvalue weighted by Gasteiger charge is 2.25. The number of imide groups is 1. The van der Waals surface area contributed by atoms with E-state index in [1.807, 2.05) is 12.1 Å². The molecule has 2 aliphatic rings. The molecule has 0 bridgehead atoms. The maximum absolute atomic E-state index is 12.0. The number of anilines is 3. The molecule has 5 rings (SSSR count). The van der Waals surface area contributed by atoms with Crippen LogP contribution in [0.25, 0.3) is 11.7 Å². The van der Waals surface area contributed by atoms with Gasteiger partial charge in [-0.1, -0.05) is 6.07 Å². The summed E-state index contributed by atoms with van der Waals surface area (Å²) in [5.41, 5.74) is 3.88. The predicted octanol–water partition coefficient (Wildman–Crippen LogP) is 3.39. The lowest BCUT2D eigenvalue weighted by Gasteiger charge is -2.12. The van der Waals surface area contributed by atoms with Gasteiger partial charge in [0.05, 0.1) is 12.6 Å². The van der Waals surface area contributed by atoms with E-state index >= 15 is 0 Å². The molecule has 3 heterocycles. The highest BCUT2D eigenvalue weighted by atomic mass is 127. The molecule has 0 atom stereocenters. The molecule has 0 unspecified atom stereocenters. The number of benzene rings is 1. The van der Waals surface area contributed by atoms with E-state index in [1.165, 1.54) is 9.13 Å². The second kappa shape index (κ2) is 7.38. The van der Waals surface area contributed by atoms with E-state index in [-0.39, 0.29) is 18.2 Å². The van der Waals surface area contributed by atoms with Crippen LogP contribution in [0.15, 0.2) is 36.0 Å². The average Bonchev–Trinajstić information content (AvgIpc) is 3.34. The van der Waals surface area contributed by atoms with Gasteiger partial charge < -0.3 is 10.6 Å². The van der Waals surface area contributed by atoms with Crippen molar-refractivity contribution in [2.24, 2.45) is 0 Å². The number of halogens is 1. The first kappa shape index (κ1) is 19.0. The Labute approximate surface area is 186 Å². The molecule has 1 aliphatic heterocycles. The molecule has 2 fully saturated rings. The Morgan fingerprint density at radius 2 is 2.10 bits per heavy atom. The molecule has 3 aromatic rings. The van der Waals surface area contributed by atoms with Crippen LogP contribution in [-0.2, 0) is 9.59 Å². The molecule has 2 aromatic heterocycles. The van der Waals surface area contributed by atoms with Gasteiger partial charge in [0, 0.05) is 32.5 Å². The Balaban J connectivity index is 1.57. The third kappa shape index (κ3) is 3.76. The second-order valence-electron chi connectivity index (χ2n) is 7.59. The maximum Gasteiger partial charge on any atom is 0.254 e. The van der Waals surface area contributed by atoms with E-state index in [0.717, 1.165) is 24.3 Å². The summed E-state index contributed by atoms with van der Waals surface area (Å²) in [4.78, 5) is 28.2. The van der Waals surface area contributed by atoms with Crippen molar-refractivity contribution in [3.63, 3.8) is 0 Å². The highest BCUT2D eigenvalue weighted by molar-refractivity contribution is 14.1. The van der Waals surface area contributed by atoms with Gasteiger partial charge in [0.2, 0.25) is 5.91 Å². The lowest BCUT2D eigenvalue weighted by molar-refractivity contribution is -0.124. The Hall–Kier alpha value is -2.95. The number of nitrogens with one attached hydrogen (secondary N) is 3. The van der Waals surface area contributed by atoms with Crippen LogP contribution in [0, 0.1) is 10.5 Å². The molecule has 8 nitrogen and oxygen atoms in total. The lowest BCUT2D eigenvalue weighted by atomic mass is 10.1. The Morgan fingerprint density at radius 1 is 1.27 bits per heavy atom. The van der Waals surface area contributed by atoms with Crippen molar-refractivity contribution in [2.75, 3.05) is 10.6 Å². The fraction of sp³-hybridized carbons (Fsp3) is 0.238. The minimum absolute atomic E-state index is 0.0725. The van der Waals surface area contributed by atoms with Gasteiger partial charge in [-0.2, -0.15) is 9.61 Å². The zero-order valence-corrected chi connectivity index (χ0v) is 18.4. The van der Waals surface area contributed by atoms with E-state index < -0.39 is 0 Å². The second-order valence-corrected chi connectivity index (χ2v) is 8.76. The molecule has 30 heavy (non-hydrogen) atoms. The van der Waals surface area contributed by atoms with Crippen molar-refractivity contribution in [1.29, 1.82) is 0 Å². The summed E-state index contributed by atoms with van der Waals surface area (Å²) in [6.45, 7) is 2.07. The molecule has 9 heteroatoms. The van der Waals surface area contributed by atoms with Crippen molar-refractivity contribution in [2.45, 2.75) is 32.2 Å². The van der Waals surface area contributed by atoms with Gasteiger partial charge in [-0.15, -0.1) is 0 Å². The lowest BCUT2D eigenvalue weighted by Crippen LogP contribution is -2.19. The van der Waals surface area contributed by atoms with Crippen molar-refractivity contribution < 1.29 is 9.59 Å². The molecule has 1 saturated heterocycles. The molecule has 1 saturated carbocycles. The normalized spacial score (nSPS) is 17.6. The minimum atomic E-state index is -0.362. The number of amides is 2. The Kier molecular flexibility index (Phi) is 4.69. The smallest absolute Gasteiger partial charge is 0.254 e. The maximum atomic E-state index is 12.0. The van der Waals surface area contributed by atoms with Gasteiger partial charge in [0.15, 0.2) is 5.65 Å². The number of hydrogen-bond acceptors (Lipinski definition) is 6. The summed E-state index contributed by atoms with van der Waals surface area (Å²) >= 11 is 2.31. The van der Waals surface area contributed by atoms with Crippen LogP contribution in [-0.4, -0.2) is 32.5 Å². The van der Waals surface area contributed by atoms with Crippen LogP contribution < -0.4 is 16.0 Å². The van der Waals surface area contributed by atoms with Gasteiger partial charge in [-0.3, -0.25) is 14.9 Å². The van der Waals surface area contributed by atoms with E-state index in [1.54, 1.807) is 16.8 Å². The van der Waals surface area contributed by atoms with Gasteiger partial charge in [-0.05, 0) is 66.1 Å². The van der Waals surface area contributed by atoms with E-state index in [2.05, 4.69) is 62.7 Å². The monoisotopic (exact) mass is 514 g/mol. The molecule has 1 aromatic carbocycles. The van der Waals surface area contributed by atoms with Crippen LogP contribution in [0.3, 0.4) is 0 Å². The van der Waals surface area contributed by atoms with E-state index in [4.69, 9.17) is 4.98 Å². The number of aromatic nitrogens is 3. The van der Waals surface area contributed by atoms with Crippen LogP contribution in [0.5, 0.6) is 0 Å². The van der Waals surface area contributed by atoms with Crippen LogP contribution in [0.4, 0.5) is 17.3 Å². The fourth-order valence-electron chi connectivity index (χ4n) is 3.31. The number of aryl methyl sites for hydroxylation is 1. The van der Waals surface area contributed by atoms with Gasteiger partial charge >= 0.3 is 0 Å². The van der Waals surface area contributed by atoms with E-state index in [0.29, 0.717) is 28.6 Å². The Morgan fingerprint density at radius 3 is 2.80 bits per heavy atom. The molecule has 3 N–H and O–H groups in total. The van der Waals surface area contributed by atoms with Crippen LogP contribution in [0.2, 0.25) is 0 Å². The molecule has 0 spiro atoms. The standard InChI is InChI=1S/C21H19IN6O2/c1-11-2-3-15(8-16(11)22)24-17-9-18(25-14-4-5-14)28-20(26-17)13(10-23-28)6-12-7-19(29)27-21(12)30/h2-3,6,8-10,14,25H,4-5,7H2,1H3,(H,24,26)(H,27,29,30)/b12-6+. The SMILES string of the molecule is Cc1ccc(Nc2cc(NC3CC3)n3ncc(/C=C4\CC(=O)NC4=O)c3n2)cc1I. The number of fused-ring (bicyclic) bond motifs is 1. The molecular weight excluding hydrogens is 495 g/mol. The quantitative estimate of drug-likeness (QED) is 0.274. The summed E-state index contributed by atoms with van der Waals surface area (Å²) < 4.78 is 2.91. The zero-order valence-electron chi connectivity index (χ0n) is 16.2. The third-order valence-corrected chi connectivity index (χ3v) is 6.26. The Bertz CT molecular complexity index is 1230. The minimum Gasteiger partial charge on any atom is -0.367 e. The van der Waals surface area contributed by atoms with Gasteiger partial charge in [-0.25, -0.2) is 4.98 Å². The molecule has 0 radical (unpaired) electrons. The number of carbonyl (C=O) groups excluding carboxylic acids is 2. The summed E-state index contributed by atoms with van der Waals surface area (Å²) in [5, 5.41) is 13.6. The summed E-state index contributed by atoms with van der Waals surface area (Å²) in [6.07, 6.45) is 5.69. The number of nitrogens with zero attached hydrogens (tertiary/aromatic N) is 3. The van der Waals surface area contributed by atoms with Crippen LogP contribution >= 0.6 is 22.6 Å². The number of carbonyl (C=O) groups is 2. The highest BCUT2D eigenvalue weighted by Crippen LogP contribution is 2.29. The first-order chi connectivity index (χ1) is 14.5. The largest absolute Gasteiger partial charge is 0.367 e. The average molecular weight is 514 g/mol.